The van der Waals surface area contributed by atoms with Gasteiger partial charge in [-0.2, -0.15) is 0 Å². The summed E-state index contributed by atoms with van der Waals surface area (Å²) in [6.07, 6.45) is 0.960. The summed E-state index contributed by atoms with van der Waals surface area (Å²) in [6.45, 7) is 2.23. The molecule has 1 aliphatic heterocycles. The average molecular weight is 418 g/mol. The maximum Gasteiger partial charge on any atom is 0.340 e. The Labute approximate surface area is 161 Å². The Hall–Kier alpha value is -2.34. The third kappa shape index (κ3) is 3.75. The normalized spacial score (nSPS) is 14.3. The number of benzene rings is 2. The van der Waals surface area contributed by atoms with Gasteiger partial charge in [0.25, 0.3) is 5.91 Å². The highest BCUT2D eigenvalue weighted by molar-refractivity contribution is 9.10. The van der Waals surface area contributed by atoms with Crippen molar-refractivity contribution in [2.24, 2.45) is 0 Å². The molecule has 0 spiro atoms. The molecule has 6 heteroatoms. The number of hydrogen-bond acceptors (Lipinski definition) is 4. The van der Waals surface area contributed by atoms with Crippen molar-refractivity contribution in [3.8, 4) is 5.75 Å². The molecule has 26 heavy (non-hydrogen) atoms. The van der Waals surface area contributed by atoms with Crippen LogP contribution in [0.2, 0.25) is 0 Å². The van der Waals surface area contributed by atoms with E-state index in [9.17, 15) is 9.59 Å². The molecule has 5 nitrogen and oxygen atoms in total. The number of para-hydroxylation sites is 1. The van der Waals surface area contributed by atoms with Crippen LogP contribution >= 0.6 is 15.9 Å². The molecule has 0 fully saturated rings. The third-order valence-corrected chi connectivity index (χ3v) is 5.09. The highest BCUT2D eigenvalue weighted by atomic mass is 79.9. The molecular formula is C20H20BrNO4. The van der Waals surface area contributed by atoms with Crippen molar-refractivity contribution < 1.29 is 19.1 Å². The molecule has 1 amide bonds. The summed E-state index contributed by atoms with van der Waals surface area (Å²) < 4.78 is 11.2. The van der Waals surface area contributed by atoms with Gasteiger partial charge < -0.3 is 14.4 Å². The van der Waals surface area contributed by atoms with Gasteiger partial charge in [-0.15, -0.1) is 0 Å². The van der Waals surface area contributed by atoms with Crippen LogP contribution in [0.3, 0.4) is 0 Å². The van der Waals surface area contributed by atoms with Gasteiger partial charge in [0.15, 0.2) is 6.10 Å². The Morgan fingerprint density at radius 2 is 1.96 bits per heavy atom. The summed E-state index contributed by atoms with van der Waals surface area (Å²) in [7, 11) is 1.53. The number of rotatable bonds is 4. The second kappa shape index (κ2) is 7.91. The average Bonchev–Trinajstić information content (AvgIpc) is 2.67. The quantitative estimate of drug-likeness (QED) is 0.705. The van der Waals surface area contributed by atoms with E-state index in [4.69, 9.17) is 9.47 Å². The molecule has 1 atom stereocenters. The smallest absolute Gasteiger partial charge is 0.340 e. The predicted octanol–water partition coefficient (Wildman–Crippen LogP) is 3.98. The van der Waals surface area contributed by atoms with Crippen molar-refractivity contribution in [1.82, 2.24) is 0 Å². The van der Waals surface area contributed by atoms with Crippen LogP contribution in [-0.2, 0) is 16.0 Å². The summed E-state index contributed by atoms with van der Waals surface area (Å²) in [5.41, 5.74) is 2.36. The van der Waals surface area contributed by atoms with Crippen molar-refractivity contribution in [3.63, 3.8) is 0 Å². The Kier molecular flexibility index (Phi) is 5.61. The van der Waals surface area contributed by atoms with Crippen molar-refractivity contribution in [3.05, 3.63) is 58.1 Å². The Morgan fingerprint density at radius 1 is 1.19 bits per heavy atom. The monoisotopic (exact) mass is 417 g/mol. The molecule has 0 aromatic heterocycles. The fourth-order valence-electron chi connectivity index (χ4n) is 3.04. The van der Waals surface area contributed by atoms with Crippen molar-refractivity contribution in [2.45, 2.75) is 25.9 Å². The van der Waals surface area contributed by atoms with Crippen LogP contribution in [0.25, 0.3) is 0 Å². The van der Waals surface area contributed by atoms with Crippen LogP contribution in [0.1, 0.15) is 29.3 Å². The number of esters is 1. The van der Waals surface area contributed by atoms with Crippen LogP contribution < -0.4 is 9.64 Å². The molecule has 3 rings (SSSR count). The maximum absolute atomic E-state index is 12.8. The summed E-state index contributed by atoms with van der Waals surface area (Å²) in [5, 5.41) is 0. The number of fused-ring (bicyclic) bond motifs is 1. The number of halogens is 1. The van der Waals surface area contributed by atoms with Gasteiger partial charge in [-0.1, -0.05) is 18.2 Å². The molecule has 1 unspecified atom stereocenters. The molecule has 0 saturated carbocycles. The minimum Gasteiger partial charge on any atom is -0.497 e. The third-order valence-electron chi connectivity index (χ3n) is 4.40. The number of aryl methyl sites for hydroxylation is 1. The zero-order valence-electron chi connectivity index (χ0n) is 14.7. The van der Waals surface area contributed by atoms with Crippen LogP contribution in [0.15, 0.2) is 46.9 Å². The molecule has 2 aromatic rings. The Balaban J connectivity index is 1.75. The first-order valence-corrected chi connectivity index (χ1v) is 9.24. The van der Waals surface area contributed by atoms with E-state index in [1.807, 2.05) is 24.3 Å². The number of methoxy groups -OCH3 is 1. The molecule has 1 heterocycles. The lowest BCUT2D eigenvalue weighted by molar-refractivity contribution is -0.126. The minimum absolute atomic E-state index is 0.218. The van der Waals surface area contributed by atoms with E-state index in [1.165, 1.54) is 7.11 Å². The number of carbonyl (C=O) groups excluding carboxylic acids is 2. The van der Waals surface area contributed by atoms with Crippen LogP contribution in [0, 0.1) is 0 Å². The topological polar surface area (TPSA) is 55.8 Å². The maximum atomic E-state index is 12.8. The minimum atomic E-state index is -0.883. The summed E-state index contributed by atoms with van der Waals surface area (Å²) in [6, 6.07) is 12.9. The van der Waals surface area contributed by atoms with E-state index < -0.39 is 12.1 Å². The number of anilines is 1. The molecule has 136 valence electrons. The van der Waals surface area contributed by atoms with Crippen LogP contribution in [-0.4, -0.2) is 31.6 Å². The largest absolute Gasteiger partial charge is 0.497 e. The summed E-state index contributed by atoms with van der Waals surface area (Å²) in [5.74, 6) is -0.240. The van der Waals surface area contributed by atoms with Gasteiger partial charge in [0.1, 0.15) is 5.75 Å². The molecule has 0 N–H and O–H groups in total. The van der Waals surface area contributed by atoms with Gasteiger partial charge >= 0.3 is 5.97 Å². The number of nitrogens with zero attached hydrogens (tertiary/aromatic N) is 1. The molecule has 0 radical (unpaired) electrons. The first-order chi connectivity index (χ1) is 12.5. The molecule has 2 aromatic carbocycles. The lowest BCUT2D eigenvalue weighted by atomic mass is 10.0. The number of amides is 1. The summed E-state index contributed by atoms with van der Waals surface area (Å²) >= 11 is 3.33. The fourth-order valence-corrected chi connectivity index (χ4v) is 3.45. The molecule has 0 bridgehead atoms. The van der Waals surface area contributed by atoms with Crippen molar-refractivity contribution in [2.75, 3.05) is 18.6 Å². The zero-order valence-corrected chi connectivity index (χ0v) is 16.3. The number of hydrogen-bond donors (Lipinski definition) is 0. The second-order valence-corrected chi connectivity index (χ2v) is 6.97. The number of ether oxygens (including phenoxy) is 2. The molecule has 1 aliphatic rings. The Bertz CT molecular complexity index is 836. The van der Waals surface area contributed by atoms with Gasteiger partial charge in [0.2, 0.25) is 0 Å². The Morgan fingerprint density at radius 3 is 2.73 bits per heavy atom. The lowest BCUT2D eigenvalue weighted by Gasteiger charge is -2.31. The van der Waals surface area contributed by atoms with E-state index in [2.05, 4.69) is 15.9 Å². The predicted molar refractivity (Wildman–Crippen MR) is 103 cm³/mol. The van der Waals surface area contributed by atoms with E-state index >= 15 is 0 Å². The highest BCUT2D eigenvalue weighted by Gasteiger charge is 2.29. The van der Waals surface area contributed by atoms with Gasteiger partial charge in [0, 0.05) is 16.7 Å². The van der Waals surface area contributed by atoms with E-state index in [0.717, 1.165) is 24.1 Å². The fraction of sp³-hybridized carbons (Fsp3) is 0.300. The molecular weight excluding hydrogens is 398 g/mol. The highest BCUT2D eigenvalue weighted by Crippen LogP contribution is 2.28. The van der Waals surface area contributed by atoms with Gasteiger partial charge in [-0.25, -0.2) is 4.79 Å². The summed E-state index contributed by atoms with van der Waals surface area (Å²) in [4.78, 5) is 27.1. The molecule has 0 aliphatic carbocycles. The van der Waals surface area contributed by atoms with Gasteiger partial charge in [-0.3, -0.25) is 4.79 Å². The van der Waals surface area contributed by atoms with Gasteiger partial charge in [0.05, 0.1) is 12.7 Å². The van der Waals surface area contributed by atoms with E-state index in [1.54, 1.807) is 30.0 Å². The zero-order chi connectivity index (χ0) is 18.7. The number of carbonyl (C=O) groups is 2. The second-order valence-electron chi connectivity index (χ2n) is 6.12. The van der Waals surface area contributed by atoms with Crippen LogP contribution in [0.4, 0.5) is 5.69 Å². The van der Waals surface area contributed by atoms with Crippen molar-refractivity contribution >= 4 is 33.5 Å². The van der Waals surface area contributed by atoms with E-state index in [-0.39, 0.29) is 5.91 Å². The first-order valence-electron chi connectivity index (χ1n) is 8.45. The first kappa shape index (κ1) is 18.5. The van der Waals surface area contributed by atoms with E-state index in [0.29, 0.717) is 22.3 Å². The standard InChI is InChI=1S/C20H20BrNO4/c1-13(26-20(24)16-12-15(25-2)9-10-17(16)21)19(23)22-11-5-7-14-6-3-4-8-18(14)22/h3-4,6,8-10,12-13H,5,7,11H2,1-2H3. The van der Waals surface area contributed by atoms with Crippen molar-refractivity contribution in [1.29, 1.82) is 0 Å². The molecule has 0 saturated heterocycles. The van der Waals surface area contributed by atoms with Gasteiger partial charge in [-0.05, 0) is 65.5 Å². The lowest BCUT2D eigenvalue weighted by Crippen LogP contribution is -2.42. The van der Waals surface area contributed by atoms with Crippen LogP contribution in [0.5, 0.6) is 5.75 Å². The SMILES string of the molecule is COc1ccc(Br)c(C(=O)OC(C)C(=O)N2CCCc3ccccc32)c1.